The van der Waals surface area contributed by atoms with Gasteiger partial charge in [-0.3, -0.25) is 5.01 Å². The molecule has 0 fully saturated rings. The number of carbonyl (C=O) groups excluding carboxylic acids is 1. The Morgan fingerprint density at radius 2 is 2.50 bits per heavy atom. The molecule has 0 aliphatic heterocycles. The van der Waals surface area contributed by atoms with E-state index in [4.69, 9.17) is 5.84 Å². The molecule has 8 heavy (non-hydrogen) atoms. The second-order valence-electron chi connectivity index (χ2n) is 1.26. The van der Waals surface area contributed by atoms with Gasteiger partial charge in [0.15, 0.2) is 0 Å². The van der Waals surface area contributed by atoms with Gasteiger partial charge in [0.05, 0.1) is 0 Å². The number of nitrogens with two attached hydrogens (primary N) is 1. The van der Waals surface area contributed by atoms with E-state index in [-0.39, 0.29) is 6.03 Å². The van der Waals surface area contributed by atoms with Crippen molar-refractivity contribution in [3.05, 3.63) is 12.8 Å². The van der Waals surface area contributed by atoms with Crippen molar-refractivity contribution in [2.45, 2.75) is 0 Å². The van der Waals surface area contributed by atoms with Crippen molar-refractivity contribution in [1.29, 1.82) is 0 Å². The topological polar surface area (TPSA) is 58.4 Å². The lowest BCUT2D eigenvalue weighted by atomic mass is 10.9. The van der Waals surface area contributed by atoms with Crippen LogP contribution in [0.4, 0.5) is 4.79 Å². The van der Waals surface area contributed by atoms with Crippen LogP contribution < -0.4 is 11.2 Å². The summed E-state index contributed by atoms with van der Waals surface area (Å²) in [7, 11) is 1.44. The summed E-state index contributed by atoms with van der Waals surface area (Å²) in [5, 5.41) is 3.20. The number of nitrogens with one attached hydrogen (secondary N) is 1. The van der Waals surface area contributed by atoms with Crippen LogP contribution in [0.2, 0.25) is 0 Å². The summed E-state index contributed by atoms with van der Waals surface area (Å²) in [6, 6.07) is -0.375. The van der Waals surface area contributed by atoms with Crippen LogP contribution in [-0.4, -0.2) is 18.1 Å². The van der Waals surface area contributed by atoms with Gasteiger partial charge >= 0.3 is 6.03 Å². The van der Waals surface area contributed by atoms with E-state index < -0.39 is 0 Å². The second kappa shape index (κ2) is 3.04. The number of amides is 2. The molecule has 0 radical (unpaired) electrons. The second-order valence-corrected chi connectivity index (χ2v) is 1.26. The molecule has 0 aliphatic carbocycles. The largest absolute Gasteiger partial charge is 0.335 e. The van der Waals surface area contributed by atoms with E-state index >= 15 is 0 Å². The SMILES string of the molecule is C=CNC(=O)N(C)N. The molecule has 0 atom stereocenters. The van der Waals surface area contributed by atoms with E-state index in [1.807, 2.05) is 0 Å². The molecule has 2 amide bonds. The van der Waals surface area contributed by atoms with Crippen molar-refractivity contribution in [3.63, 3.8) is 0 Å². The Labute approximate surface area is 47.9 Å². The van der Waals surface area contributed by atoms with E-state index in [1.165, 1.54) is 13.2 Å². The summed E-state index contributed by atoms with van der Waals surface area (Å²) in [6.45, 7) is 3.27. The maximum Gasteiger partial charge on any atom is 0.335 e. The zero-order chi connectivity index (χ0) is 6.57. The number of urea groups is 1. The summed E-state index contributed by atoms with van der Waals surface area (Å²) in [4.78, 5) is 10.4. The molecule has 0 aliphatic rings. The minimum absolute atomic E-state index is 0.375. The van der Waals surface area contributed by atoms with Gasteiger partial charge in [-0.25, -0.2) is 10.6 Å². The van der Waals surface area contributed by atoms with Gasteiger partial charge in [0.1, 0.15) is 0 Å². The lowest BCUT2D eigenvalue weighted by Crippen LogP contribution is -2.39. The predicted octanol–water partition coefficient (Wildman–Crippen LogP) is -0.355. The highest BCUT2D eigenvalue weighted by molar-refractivity contribution is 5.73. The van der Waals surface area contributed by atoms with Gasteiger partial charge < -0.3 is 5.32 Å². The van der Waals surface area contributed by atoms with Crippen LogP contribution in [-0.2, 0) is 0 Å². The summed E-state index contributed by atoms with van der Waals surface area (Å²) in [6.07, 6.45) is 1.27. The molecule has 0 spiro atoms. The van der Waals surface area contributed by atoms with Gasteiger partial charge in [-0.05, 0) is 6.20 Å². The fourth-order valence-electron chi connectivity index (χ4n) is 0.189. The Balaban J connectivity index is 3.48. The Kier molecular flexibility index (Phi) is 2.64. The number of hydrogen-bond acceptors (Lipinski definition) is 2. The van der Waals surface area contributed by atoms with Crippen molar-refractivity contribution in [2.24, 2.45) is 5.84 Å². The van der Waals surface area contributed by atoms with Crippen molar-refractivity contribution < 1.29 is 4.79 Å². The minimum Gasteiger partial charge on any atom is -0.314 e. The standard InChI is InChI=1S/C4H9N3O/c1-3-6-4(8)7(2)5/h3H,1,5H2,2H3,(H,6,8). The van der Waals surface area contributed by atoms with Gasteiger partial charge in [-0.15, -0.1) is 0 Å². The first-order valence-corrected chi connectivity index (χ1v) is 2.08. The van der Waals surface area contributed by atoms with E-state index in [0.29, 0.717) is 0 Å². The smallest absolute Gasteiger partial charge is 0.314 e. The highest BCUT2D eigenvalue weighted by Gasteiger charge is 1.96. The quantitative estimate of drug-likeness (QED) is 0.278. The van der Waals surface area contributed by atoms with E-state index in [9.17, 15) is 4.79 Å². The fourth-order valence-corrected chi connectivity index (χ4v) is 0.189. The summed E-state index contributed by atoms with van der Waals surface area (Å²) in [5.41, 5.74) is 0. The van der Waals surface area contributed by atoms with Crippen LogP contribution in [0.3, 0.4) is 0 Å². The third kappa shape index (κ3) is 2.20. The summed E-state index contributed by atoms with van der Waals surface area (Å²) < 4.78 is 0. The molecule has 0 aromatic carbocycles. The zero-order valence-corrected chi connectivity index (χ0v) is 4.72. The molecule has 0 aromatic heterocycles. The van der Waals surface area contributed by atoms with Crippen molar-refractivity contribution in [1.82, 2.24) is 10.3 Å². The predicted molar refractivity (Wildman–Crippen MR) is 30.7 cm³/mol. The number of nitrogens with zero attached hydrogens (tertiary/aromatic N) is 1. The van der Waals surface area contributed by atoms with Gasteiger partial charge in [-0.2, -0.15) is 0 Å². The Morgan fingerprint density at radius 1 is 2.00 bits per heavy atom. The maximum atomic E-state index is 10.4. The van der Waals surface area contributed by atoms with Crippen LogP contribution in [0.25, 0.3) is 0 Å². The van der Waals surface area contributed by atoms with Crippen LogP contribution in [0.1, 0.15) is 0 Å². The van der Waals surface area contributed by atoms with Gasteiger partial charge in [-0.1, -0.05) is 6.58 Å². The number of carbonyl (C=O) groups is 1. The minimum atomic E-state index is -0.375. The van der Waals surface area contributed by atoms with Crippen molar-refractivity contribution in [3.8, 4) is 0 Å². The van der Waals surface area contributed by atoms with Crippen molar-refractivity contribution >= 4 is 6.03 Å². The van der Waals surface area contributed by atoms with Crippen LogP contribution in [0.5, 0.6) is 0 Å². The molecular formula is C4H9N3O. The molecule has 3 N–H and O–H groups in total. The first-order chi connectivity index (χ1) is 3.68. The fraction of sp³-hybridized carbons (Fsp3) is 0.250. The lowest BCUT2D eigenvalue weighted by molar-refractivity contribution is 0.213. The molecule has 4 nitrogen and oxygen atoms in total. The lowest BCUT2D eigenvalue weighted by Gasteiger charge is -2.06. The summed E-state index contributed by atoms with van der Waals surface area (Å²) >= 11 is 0. The normalized spacial score (nSPS) is 7.75. The van der Waals surface area contributed by atoms with Gasteiger partial charge in [0, 0.05) is 7.05 Å². The van der Waals surface area contributed by atoms with Crippen LogP contribution in [0, 0.1) is 0 Å². The first kappa shape index (κ1) is 6.97. The third-order valence-electron chi connectivity index (χ3n) is 0.546. The number of hydrazine groups is 1. The Morgan fingerprint density at radius 3 is 2.62 bits per heavy atom. The van der Waals surface area contributed by atoms with E-state index in [0.717, 1.165) is 5.01 Å². The molecule has 0 saturated heterocycles. The molecule has 4 heteroatoms. The van der Waals surface area contributed by atoms with Crippen molar-refractivity contribution in [2.75, 3.05) is 7.05 Å². The molecule has 0 saturated carbocycles. The molecule has 0 bridgehead atoms. The molecule has 46 valence electrons. The Bertz CT molecular complexity index is 99.5. The summed E-state index contributed by atoms with van der Waals surface area (Å²) in [5.74, 6) is 5.00. The van der Waals surface area contributed by atoms with Crippen LogP contribution >= 0.6 is 0 Å². The number of hydrogen-bond donors (Lipinski definition) is 2. The monoisotopic (exact) mass is 115 g/mol. The first-order valence-electron chi connectivity index (χ1n) is 2.08. The zero-order valence-electron chi connectivity index (χ0n) is 4.72. The molecule has 0 aromatic rings. The highest BCUT2D eigenvalue weighted by Crippen LogP contribution is 1.69. The van der Waals surface area contributed by atoms with E-state index in [1.54, 1.807) is 0 Å². The van der Waals surface area contributed by atoms with Gasteiger partial charge in [0.25, 0.3) is 0 Å². The van der Waals surface area contributed by atoms with Gasteiger partial charge in [0.2, 0.25) is 0 Å². The number of rotatable bonds is 1. The van der Waals surface area contributed by atoms with E-state index in [2.05, 4.69) is 11.9 Å². The third-order valence-corrected chi connectivity index (χ3v) is 0.546. The van der Waals surface area contributed by atoms with Crippen LogP contribution in [0.15, 0.2) is 12.8 Å². The Hall–Kier alpha value is -1.03. The molecular weight excluding hydrogens is 106 g/mol. The average molecular weight is 115 g/mol. The maximum absolute atomic E-state index is 10.4. The molecule has 0 rings (SSSR count). The molecule has 0 unspecified atom stereocenters. The average Bonchev–Trinajstić information content (AvgIpc) is 1.67. The molecule has 0 heterocycles. The highest BCUT2D eigenvalue weighted by atomic mass is 16.2.